The molecule has 0 saturated heterocycles. The number of oxazole rings is 1. The zero-order valence-corrected chi connectivity index (χ0v) is 14.5. The van der Waals surface area contributed by atoms with Crippen LogP contribution in [0.1, 0.15) is 40.5 Å². The zero-order chi connectivity index (χ0) is 19.0. The molecule has 5 rings (SSSR count). The van der Waals surface area contributed by atoms with Gasteiger partial charge in [-0.05, 0) is 54.5 Å². The molecular formula is C20H18N6O. The normalized spacial score (nSPS) is 18.5. The van der Waals surface area contributed by atoms with Crippen molar-refractivity contribution in [1.82, 2.24) is 9.97 Å². The molecule has 2 aliphatic rings. The second-order valence-corrected chi connectivity index (χ2v) is 6.77. The lowest BCUT2D eigenvalue weighted by molar-refractivity contribution is 0.548. The molecule has 2 aromatic heterocycles. The van der Waals surface area contributed by atoms with E-state index < -0.39 is 0 Å². The number of rotatable bonds is 2. The van der Waals surface area contributed by atoms with Crippen molar-refractivity contribution in [1.29, 1.82) is 10.7 Å². The van der Waals surface area contributed by atoms with Gasteiger partial charge in [-0.1, -0.05) is 0 Å². The summed E-state index contributed by atoms with van der Waals surface area (Å²) in [6.07, 6.45) is 6.89. The van der Waals surface area contributed by atoms with Crippen molar-refractivity contribution in [2.75, 3.05) is 11.5 Å². The molecule has 0 amide bonds. The Morgan fingerprint density at radius 3 is 2.85 bits per heavy atom. The molecule has 2 aliphatic carbocycles. The molecule has 0 spiro atoms. The third-order valence-electron chi connectivity index (χ3n) is 4.94. The van der Waals surface area contributed by atoms with Crippen molar-refractivity contribution in [3.05, 3.63) is 71.2 Å². The minimum atomic E-state index is 0.178. The Morgan fingerprint density at radius 2 is 2.11 bits per heavy atom. The second kappa shape index (κ2) is 6.57. The van der Waals surface area contributed by atoms with E-state index in [-0.39, 0.29) is 5.71 Å². The number of hydrogen-bond acceptors (Lipinski definition) is 7. The van der Waals surface area contributed by atoms with Gasteiger partial charge < -0.3 is 15.9 Å². The first-order valence-electron chi connectivity index (χ1n) is 8.58. The molecule has 134 valence electrons. The van der Waals surface area contributed by atoms with E-state index in [1.807, 2.05) is 6.07 Å². The zero-order valence-electron chi connectivity index (χ0n) is 14.5. The molecule has 1 aromatic carbocycles. The van der Waals surface area contributed by atoms with Gasteiger partial charge in [0.15, 0.2) is 12.2 Å². The van der Waals surface area contributed by atoms with Crippen molar-refractivity contribution < 1.29 is 4.42 Å². The van der Waals surface area contributed by atoms with Gasteiger partial charge in [0.05, 0.1) is 11.8 Å². The van der Waals surface area contributed by atoms with Gasteiger partial charge in [-0.2, -0.15) is 5.26 Å². The van der Waals surface area contributed by atoms with E-state index in [0.29, 0.717) is 28.3 Å². The van der Waals surface area contributed by atoms with E-state index in [2.05, 4.69) is 16.0 Å². The molecule has 3 aromatic rings. The van der Waals surface area contributed by atoms with Crippen LogP contribution in [0.4, 0.5) is 11.4 Å². The number of nitriles is 1. The van der Waals surface area contributed by atoms with Crippen LogP contribution in [0, 0.1) is 22.7 Å². The number of nitrogens with zero attached hydrogens (tertiary/aromatic N) is 3. The summed E-state index contributed by atoms with van der Waals surface area (Å²) < 4.78 is 5.01. The quantitative estimate of drug-likeness (QED) is 0.475. The molecular weight excluding hydrogens is 340 g/mol. The third-order valence-corrected chi connectivity index (χ3v) is 4.94. The first-order chi connectivity index (χ1) is 13.1. The molecule has 7 nitrogen and oxygen atoms in total. The predicted octanol–water partition coefficient (Wildman–Crippen LogP) is 2.87. The van der Waals surface area contributed by atoms with Crippen molar-refractivity contribution in [3.8, 4) is 6.07 Å². The van der Waals surface area contributed by atoms with E-state index in [4.69, 9.17) is 26.6 Å². The number of hydrogen-bond donors (Lipinski definition) is 3. The SMILES string of the molecule is N#Cc1cnc2c(c1)C1CC1C2.N=C(c1cnco1)c1cc(N)ccc1N. The number of benzene rings is 1. The van der Waals surface area contributed by atoms with Crippen LogP contribution in [0.3, 0.4) is 0 Å². The molecule has 2 heterocycles. The maximum Gasteiger partial charge on any atom is 0.181 e. The highest BCUT2D eigenvalue weighted by atomic mass is 16.3. The van der Waals surface area contributed by atoms with Crippen molar-refractivity contribution in [2.45, 2.75) is 18.8 Å². The minimum Gasteiger partial charge on any atom is -0.442 e. The number of nitrogens with one attached hydrogen (secondary N) is 1. The van der Waals surface area contributed by atoms with E-state index in [0.717, 1.165) is 18.3 Å². The summed E-state index contributed by atoms with van der Waals surface area (Å²) in [6.45, 7) is 0. The highest BCUT2D eigenvalue weighted by Crippen LogP contribution is 2.55. The lowest BCUT2D eigenvalue weighted by Gasteiger charge is -2.05. The summed E-state index contributed by atoms with van der Waals surface area (Å²) in [7, 11) is 0. The molecule has 0 radical (unpaired) electrons. The van der Waals surface area contributed by atoms with Crippen molar-refractivity contribution >= 4 is 17.1 Å². The van der Waals surface area contributed by atoms with Crippen LogP contribution in [0.15, 0.2) is 47.5 Å². The Bertz CT molecular complexity index is 1050. The molecule has 0 aliphatic heterocycles. The largest absolute Gasteiger partial charge is 0.442 e. The molecule has 0 bridgehead atoms. The van der Waals surface area contributed by atoms with E-state index in [9.17, 15) is 0 Å². The fourth-order valence-electron chi connectivity index (χ4n) is 3.43. The van der Waals surface area contributed by atoms with Crippen LogP contribution in [0.5, 0.6) is 0 Å². The van der Waals surface area contributed by atoms with E-state index in [1.165, 1.54) is 30.3 Å². The number of anilines is 2. The van der Waals surface area contributed by atoms with Gasteiger partial charge in [-0.3, -0.25) is 10.4 Å². The van der Waals surface area contributed by atoms with Gasteiger partial charge in [0.25, 0.3) is 0 Å². The van der Waals surface area contributed by atoms with Crippen LogP contribution in [0.2, 0.25) is 0 Å². The molecule has 2 unspecified atom stereocenters. The predicted molar refractivity (Wildman–Crippen MR) is 101 cm³/mol. The maximum atomic E-state index is 8.68. The van der Waals surface area contributed by atoms with Gasteiger partial charge >= 0.3 is 0 Å². The first kappa shape index (κ1) is 16.8. The lowest BCUT2D eigenvalue weighted by atomic mass is 10.1. The van der Waals surface area contributed by atoms with E-state index in [1.54, 1.807) is 24.4 Å². The number of aromatic nitrogens is 2. The summed E-state index contributed by atoms with van der Waals surface area (Å²) in [5, 5.41) is 16.5. The number of fused-ring (bicyclic) bond motifs is 3. The Labute approximate surface area is 156 Å². The molecule has 1 fully saturated rings. The van der Waals surface area contributed by atoms with Gasteiger partial charge in [0, 0.05) is 28.8 Å². The van der Waals surface area contributed by atoms with Gasteiger partial charge in [0.1, 0.15) is 11.8 Å². The lowest BCUT2D eigenvalue weighted by Crippen LogP contribution is -2.05. The fraction of sp³-hybridized carbons (Fsp3) is 0.200. The second-order valence-electron chi connectivity index (χ2n) is 6.77. The van der Waals surface area contributed by atoms with Crippen LogP contribution in [0.25, 0.3) is 0 Å². The molecule has 2 atom stereocenters. The standard InChI is InChI=1S/C10H10N4O.C10H8N2/c11-6-1-2-8(12)7(3-6)10(13)9-4-14-5-15-9;11-4-6-1-9-8-2-7(8)3-10(9)12-5-6/h1-5,13H,11-12H2;1,5,7-8H,2-3H2. The first-order valence-corrected chi connectivity index (χ1v) is 8.58. The van der Waals surface area contributed by atoms with Gasteiger partial charge in [0.2, 0.25) is 0 Å². The summed E-state index contributed by atoms with van der Waals surface area (Å²) >= 11 is 0. The average molecular weight is 358 g/mol. The van der Waals surface area contributed by atoms with E-state index >= 15 is 0 Å². The Morgan fingerprint density at radius 1 is 1.26 bits per heavy atom. The monoisotopic (exact) mass is 358 g/mol. The number of nitrogens with two attached hydrogens (primary N) is 2. The highest BCUT2D eigenvalue weighted by Gasteiger charge is 2.45. The Hall–Kier alpha value is -3.66. The van der Waals surface area contributed by atoms with Crippen LogP contribution < -0.4 is 11.5 Å². The Kier molecular flexibility index (Phi) is 4.09. The molecule has 1 saturated carbocycles. The summed E-state index contributed by atoms with van der Waals surface area (Å²) in [5.74, 6) is 1.98. The van der Waals surface area contributed by atoms with Gasteiger partial charge in [-0.15, -0.1) is 0 Å². The molecule has 27 heavy (non-hydrogen) atoms. The van der Waals surface area contributed by atoms with Crippen molar-refractivity contribution in [3.63, 3.8) is 0 Å². The number of pyridine rings is 1. The number of nitrogen functional groups attached to an aromatic ring is 2. The van der Waals surface area contributed by atoms with Crippen LogP contribution in [-0.4, -0.2) is 15.7 Å². The van der Waals surface area contributed by atoms with Crippen LogP contribution >= 0.6 is 0 Å². The highest BCUT2D eigenvalue weighted by molar-refractivity contribution is 6.12. The topological polar surface area (TPSA) is 139 Å². The molecule has 5 N–H and O–H groups in total. The molecule has 7 heteroatoms. The smallest absolute Gasteiger partial charge is 0.181 e. The fourth-order valence-corrected chi connectivity index (χ4v) is 3.43. The summed E-state index contributed by atoms with van der Waals surface area (Å²) in [5.41, 5.74) is 16.4. The summed E-state index contributed by atoms with van der Waals surface area (Å²) in [6, 6.07) is 9.14. The van der Waals surface area contributed by atoms with Crippen LogP contribution in [-0.2, 0) is 6.42 Å². The third kappa shape index (κ3) is 3.25. The minimum absolute atomic E-state index is 0.178. The van der Waals surface area contributed by atoms with Gasteiger partial charge in [-0.25, -0.2) is 4.98 Å². The van der Waals surface area contributed by atoms with Crippen molar-refractivity contribution in [2.24, 2.45) is 5.92 Å². The average Bonchev–Trinajstić information content (AvgIpc) is 3.09. The Balaban J connectivity index is 0.000000136. The summed E-state index contributed by atoms with van der Waals surface area (Å²) in [4.78, 5) is 8.03. The maximum absolute atomic E-state index is 8.68.